The van der Waals surface area contributed by atoms with Gasteiger partial charge in [0.2, 0.25) is 10.0 Å². The van der Waals surface area contributed by atoms with Gasteiger partial charge >= 0.3 is 6.18 Å². The molecule has 1 saturated heterocycles. The summed E-state index contributed by atoms with van der Waals surface area (Å²) in [5.74, 6) is -1.05. The lowest BCUT2D eigenvalue weighted by Gasteiger charge is -2.32. The van der Waals surface area contributed by atoms with E-state index in [0.29, 0.717) is 0 Å². The third-order valence-corrected chi connectivity index (χ3v) is 6.76. The van der Waals surface area contributed by atoms with E-state index in [4.69, 9.17) is 4.74 Å². The van der Waals surface area contributed by atoms with Crippen LogP contribution in [0.1, 0.15) is 18.4 Å². The first kappa shape index (κ1) is 20.5. The van der Waals surface area contributed by atoms with Crippen LogP contribution in [0.25, 0.3) is 11.0 Å². The first-order valence-electron chi connectivity index (χ1n) is 8.92. The van der Waals surface area contributed by atoms with Gasteiger partial charge in [0.1, 0.15) is 16.7 Å². The molecule has 1 fully saturated rings. The number of fused-ring (bicyclic) bond motifs is 1. The van der Waals surface area contributed by atoms with Crippen LogP contribution in [0.4, 0.5) is 17.6 Å². The van der Waals surface area contributed by atoms with Crippen molar-refractivity contribution in [2.75, 3.05) is 13.1 Å². The topological polar surface area (TPSA) is 85.5 Å². The SMILES string of the molecule is O=S(=O)(c1ccc(F)c2nonc12)N1CCC(Oc2ccccc2C(F)(F)F)CC1. The highest BCUT2D eigenvalue weighted by atomic mass is 32.2. The number of halogens is 4. The Kier molecular flexibility index (Phi) is 5.14. The Balaban J connectivity index is 1.50. The molecule has 2 aromatic carbocycles. The van der Waals surface area contributed by atoms with E-state index < -0.39 is 33.7 Å². The zero-order valence-corrected chi connectivity index (χ0v) is 16.1. The number of alkyl halides is 3. The zero-order chi connectivity index (χ0) is 21.5. The molecule has 160 valence electrons. The Hall–Kier alpha value is -2.73. The van der Waals surface area contributed by atoms with Crippen LogP contribution in [0.3, 0.4) is 0 Å². The minimum Gasteiger partial charge on any atom is -0.490 e. The molecule has 0 amide bonds. The molecule has 3 aromatic rings. The van der Waals surface area contributed by atoms with Crippen molar-refractivity contribution >= 4 is 21.1 Å². The monoisotopic (exact) mass is 445 g/mol. The normalized spacial score (nSPS) is 16.8. The Labute approximate surface area is 168 Å². The van der Waals surface area contributed by atoms with Crippen LogP contribution < -0.4 is 4.74 Å². The summed E-state index contributed by atoms with van der Waals surface area (Å²) in [6.07, 6.45) is -4.76. The van der Waals surface area contributed by atoms with Crippen molar-refractivity contribution in [3.8, 4) is 5.75 Å². The molecule has 0 N–H and O–H groups in total. The molecule has 0 spiro atoms. The van der Waals surface area contributed by atoms with Crippen LogP contribution in [0.15, 0.2) is 45.9 Å². The van der Waals surface area contributed by atoms with Gasteiger partial charge in [-0.15, -0.1) is 0 Å². The van der Waals surface area contributed by atoms with Crippen molar-refractivity contribution in [3.63, 3.8) is 0 Å². The number of hydrogen-bond acceptors (Lipinski definition) is 6. The van der Waals surface area contributed by atoms with Gasteiger partial charge in [0, 0.05) is 13.1 Å². The average Bonchev–Trinajstić information content (AvgIpc) is 3.19. The number of sulfonamides is 1. The predicted octanol–water partition coefficient (Wildman–Crippen LogP) is 3.61. The summed E-state index contributed by atoms with van der Waals surface area (Å²) in [4.78, 5) is -0.248. The van der Waals surface area contributed by atoms with E-state index >= 15 is 0 Å². The molecule has 2 heterocycles. The second-order valence-electron chi connectivity index (χ2n) is 6.72. The van der Waals surface area contributed by atoms with E-state index in [-0.39, 0.29) is 47.6 Å². The van der Waals surface area contributed by atoms with Gasteiger partial charge in [0.25, 0.3) is 0 Å². The highest BCUT2D eigenvalue weighted by Gasteiger charge is 2.36. The minimum atomic E-state index is -4.56. The number of ether oxygens (including phenoxy) is 1. The summed E-state index contributed by atoms with van der Waals surface area (Å²) >= 11 is 0. The fourth-order valence-electron chi connectivity index (χ4n) is 3.33. The Bertz CT molecular complexity index is 1170. The molecular weight excluding hydrogens is 430 g/mol. The lowest BCUT2D eigenvalue weighted by Crippen LogP contribution is -2.41. The molecule has 0 bridgehead atoms. The van der Waals surface area contributed by atoms with Crippen molar-refractivity contribution in [2.24, 2.45) is 0 Å². The minimum absolute atomic E-state index is 0.0192. The maximum absolute atomic E-state index is 13.7. The van der Waals surface area contributed by atoms with E-state index in [1.54, 1.807) is 0 Å². The average molecular weight is 445 g/mol. The second-order valence-corrected chi connectivity index (χ2v) is 8.63. The van der Waals surface area contributed by atoms with Crippen molar-refractivity contribution in [2.45, 2.75) is 30.0 Å². The number of aromatic nitrogens is 2. The van der Waals surface area contributed by atoms with Gasteiger partial charge in [-0.3, -0.25) is 0 Å². The summed E-state index contributed by atoms with van der Waals surface area (Å²) in [7, 11) is -4.03. The highest BCUT2D eigenvalue weighted by Crippen LogP contribution is 2.37. The van der Waals surface area contributed by atoms with Gasteiger partial charge in [-0.2, -0.15) is 17.5 Å². The smallest absolute Gasteiger partial charge is 0.419 e. The van der Waals surface area contributed by atoms with E-state index in [0.717, 1.165) is 22.5 Å². The molecule has 1 aliphatic heterocycles. The molecule has 1 aliphatic rings. The number of benzene rings is 2. The van der Waals surface area contributed by atoms with Crippen molar-refractivity contribution in [1.82, 2.24) is 14.6 Å². The van der Waals surface area contributed by atoms with Gasteiger partial charge in [-0.05, 0) is 47.4 Å². The van der Waals surface area contributed by atoms with Gasteiger partial charge in [0.15, 0.2) is 16.9 Å². The molecular formula is C18H15F4N3O4S. The van der Waals surface area contributed by atoms with Gasteiger partial charge in [0.05, 0.1) is 5.56 Å². The molecule has 1 aromatic heterocycles. The second kappa shape index (κ2) is 7.51. The third kappa shape index (κ3) is 3.72. The predicted molar refractivity (Wildman–Crippen MR) is 95.6 cm³/mol. The maximum Gasteiger partial charge on any atom is 0.419 e. The van der Waals surface area contributed by atoms with E-state index in [9.17, 15) is 26.0 Å². The number of rotatable bonds is 4. The molecule has 0 unspecified atom stereocenters. The van der Waals surface area contributed by atoms with Crippen LogP contribution in [0, 0.1) is 5.82 Å². The zero-order valence-electron chi connectivity index (χ0n) is 15.3. The quantitative estimate of drug-likeness (QED) is 0.571. The molecule has 0 atom stereocenters. The van der Waals surface area contributed by atoms with Gasteiger partial charge in [-0.25, -0.2) is 17.4 Å². The van der Waals surface area contributed by atoms with Crippen LogP contribution >= 0.6 is 0 Å². The lowest BCUT2D eigenvalue weighted by molar-refractivity contribution is -0.139. The lowest BCUT2D eigenvalue weighted by atomic mass is 10.1. The van der Waals surface area contributed by atoms with Crippen molar-refractivity contribution < 1.29 is 35.3 Å². The van der Waals surface area contributed by atoms with E-state index in [1.807, 2.05) is 0 Å². The van der Waals surface area contributed by atoms with Gasteiger partial charge in [-0.1, -0.05) is 12.1 Å². The fraction of sp³-hybridized carbons (Fsp3) is 0.333. The summed E-state index contributed by atoms with van der Waals surface area (Å²) in [5.41, 5.74) is -1.39. The van der Waals surface area contributed by atoms with E-state index in [2.05, 4.69) is 14.9 Å². The molecule has 4 rings (SSSR count). The Morgan fingerprint density at radius 2 is 1.70 bits per heavy atom. The largest absolute Gasteiger partial charge is 0.490 e. The number of hydrogen-bond donors (Lipinski definition) is 0. The van der Waals surface area contributed by atoms with E-state index in [1.165, 1.54) is 18.2 Å². The standard InChI is InChI=1S/C18H15F4N3O4S/c19-13-5-6-15(17-16(13)23-29-24-17)30(26,27)25-9-7-11(8-10-25)28-14-4-2-1-3-12(14)18(20,21)22/h1-6,11H,7-10H2. The van der Waals surface area contributed by atoms with Gasteiger partial charge < -0.3 is 4.74 Å². The maximum atomic E-state index is 13.7. The first-order chi connectivity index (χ1) is 14.2. The molecule has 0 radical (unpaired) electrons. The summed E-state index contributed by atoms with van der Waals surface area (Å²) in [6, 6.07) is 6.92. The van der Waals surface area contributed by atoms with Crippen LogP contribution in [0.2, 0.25) is 0 Å². The number of piperidine rings is 1. The van der Waals surface area contributed by atoms with Crippen LogP contribution in [0.5, 0.6) is 5.75 Å². The molecule has 0 saturated carbocycles. The number of nitrogens with zero attached hydrogens (tertiary/aromatic N) is 3. The summed E-state index contributed by atoms with van der Waals surface area (Å²) in [5, 5.41) is 6.85. The third-order valence-electron chi connectivity index (χ3n) is 4.83. The van der Waals surface area contributed by atoms with Crippen LogP contribution in [-0.4, -0.2) is 42.2 Å². The van der Waals surface area contributed by atoms with Crippen molar-refractivity contribution in [3.05, 3.63) is 47.8 Å². The summed E-state index contributed by atoms with van der Waals surface area (Å²) in [6.45, 7) is 0.0384. The van der Waals surface area contributed by atoms with Crippen LogP contribution in [-0.2, 0) is 16.2 Å². The Morgan fingerprint density at radius 1 is 1.03 bits per heavy atom. The number of para-hydroxylation sites is 1. The first-order valence-corrected chi connectivity index (χ1v) is 10.4. The molecule has 12 heteroatoms. The fourth-order valence-corrected chi connectivity index (χ4v) is 4.92. The highest BCUT2D eigenvalue weighted by molar-refractivity contribution is 7.89. The summed E-state index contributed by atoms with van der Waals surface area (Å²) < 4.78 is 90.2. The molecule has 30 heavy (non-hydrogen) atoms. The Morgan fingerprint density at radius 3 is 2.40 bits per heavy atom. The molecule has 0 aliphatic carbocycles. The van der Waals surface area contributed by atoms with Crippen molar-refractivity contribution in [1.29, 1.82) is 0 Å². The molecule has 7 nitrogen and oxygen atoms in total.